The number of aliphatic hydroxyl groups excluding tert-OH is 1. The van der Waals surface area contributed by atoms with Crippen molar-refractivity contribution in [2.45, 2.75) is 6.54 Å². The summed E-state index contributed by atoms with van der Waals surface area (Å²) in [5.41, 5.74) is 1.37. The Balaban J connectivity index is 1.93. The molecule has 0 saturated carbocycles. The summed E-state index contributed by atoms with van der Waals surface area (Å²) in [7, 11) is 3.03. The zero-order chi connectivity index (χ0) is 21.0. The molecule has 0 aromatic heterocycles. The van der Waals surface area contributed by atoms with Crippen molar-refractivity contribution in [3.63, 3.8) is 0 Å². The van der Waals surface area contributed by atoms with E-state index in [-0.39, 0.29) is 29.4 Å². The van der Waals surface area contributed by atoms with Crippen LogP contribution in [0.15, 0.2) is 47.4 Å². The van der Waals surface area contributed by atoms with Crippen molar-refractivity contribution in [1.82, 2.24) is 4.90 Å². The molecular formula is C21H20FNO5S. The van der Waals surface area contributed by atoms with Crippen molar-refractivity contribution in [2.24, 2.45) is 0 Å². The first-order valence-corrected chi connectivity index (χ1v) is 9.79. The van der Waals surface area contributed by atoms with Gasteiger partial charge in [-0.15, -0.1) is 11.8 Å². The lowest BCUT2D eigenvalue weighted by Gasteiger charge is -2.16. The van der Waals surface area contributed by atoms with Crippen LogP contribution < -0.4 is 9.47 Å². The minimum absolute atomic E-state index is 0.0475. The molecule has 0 unspecified atom stereocenters. The molecule has 0 aliphatic carbocycles. The summed E-state index contributed by atoms with van der Waals surface area (Å²) in [6.45, 7) is -0.0894. The number of hydrogen-bond donors (Lipinski definition) is 1. The smallest absolute Gasteiger partial charge is 0.268 e. The van der Waals surface area contributed by atoms with E-state index in [1.165, 1.54) is 38.5 Å². The summed E-state index contributed by atoms with van der Waals surface area (Å²) < 4.78 is 23.8. The Labute approximate surface area is 171 Å². The van der Waals surface area contributed by atoms with Crippen LogP contribution in [0.4, 0.5) is 4.39 Å². The zero-order valence-corrected chi connectivity index (χ0v) is 16.8. The van der Waals surface area contributed by atoms with Gasteiger partial charge in [0.05, 0.1) is 37.8 Å². The standard InChI is InChI=1S/C21H20FNO5S/c1-27-16-8-3-13(11-17(16)28-2)12-23-20(25)18(14-4-6-15(22)7-5-14)19(21(23)26)29-10-9-24/h3-8,11,24H,9-10,12H2,1-2H3. The van der Waals surface area contributed by atoms with E-state index in [4.69, 9.17) is 14.6 Å². The highest BCUT2D eigenvalue weighted by Crippen LogP contribution is 2.37. The van der Waals surface area contributed by atoms with Gasteiger partial charge in [-0.3, -0.25) is 14.5 Å². The van der Waals surface area contributed by atoms with Gasteiger partial charge in [-0.25, -0.2) is 4.39 Å². The third kappa shape index (κ3) is 4.28. The minimum Gasteiger partial charge on any atom is -0.493 e. The van der Waals surface area contributed by atoms with E-state index in [0.717, 1.165) is 16.7 Å². The number of benzene rings is 2. The van der Waals surface area contributed by atoms with Crippen LogP contribution in [-0.4, -0.2) is 48.4 Å². The van der Waals surface area contributed by atoms with Crippen LogP contribution in [-0.2, 0) is 16.1 Å². The van der Waals surface area contributed by atoms with E-state index in [1.54, 1.807) is 18.2 Å². The van der Waals surface area contributed by atoms with Crippen molar-refractivity contribution < 1.29 is 28.6 Å². The molecule has 152 valence electrons. The van der Waals surface area contributed by atoms with Crippen LogP contribution in [0, 0.1) is 5.82 Å². The quantitative estimate of drug-likeness (QED) is 0.666. The fourth-order valence-corrected chi connectivity index (χ4v) is 3.89. The number of thioether (sulfide) groups is 1. The number of nitrogens with zero attached hydrogens (tertiary/aromatic N) is 1. The van der Waals surface area contributed by atoms with Gasteiger partial charge in [-0.1, -0.05) is 18.2 Å². The molecule has 2 amide bonds. The van der Waals surface area contributed by atoms with Crippen molar-refractivity contribution in [3.05, 3.63) is 64.3 Å². The number of aliphatic hydroxyl groups is 1. The van der Waals surface area contributed by atoms with E-state index < -0.39 is 17.6 Å². The fourth-order valence-electron chi connectivity index (χ4n) is 3.01. The molecule has 0 radical (unpaired) electrons. The Morgan fingerprint density at radius 2 is 1.69 bits per heavy atom. The van der Waals surface area contributed by atoms with Gasteiger partial charge in [0.25, 0.3) is 11.8 Å². The Morgan fingerprint density at radius 1 is 1.00 bits per heavy atom. The van der Waals surface area contributed by atoms with E-state index in [2.05, 4.69) is 0 Å². The number of ether oxygens (including phenoxy) is 2. The normalized spacial score (nSPS) is 14.0. The number of carbonyl (C=O) groups is 2. The van der Waals surface area contributed by atoms with Crippen LogP contribution >= 0.6 is 11.8 Å². The van der Waals surface area contributed by atoms with Crippen molar-refractivity contribution in [3.8, 4) is 11.5 Å². The molecule has 6 nitrogen and oxygen atoms in total. The summed E-state index contributed by atoms with van der Waals surface area (Å²) in [6, 6.07) is 10.6. The highest BCUT2D eigenvalue weighted by Gasteiger charge is 2.39. The number of carbonyl (C=O) groups excluding carboxylic acids is 2. The molecule has 0 fully saturated rings. The highest BCUT2D eigenvalue weighted by atomic mass is 32.2. The highest BCUT2D eigenvalue weighted by molar-refractivity contribution is 8.04. The number of rotatable bonds is 8. The monoisotopic (exact) mass is 417 g/mol. The van der Waals surface area contributed by atoms with Gasteiger partial charge in [0, 0.05) is 5.75 Å². The van der Waals surface area contributed by atoms with Gasteiger partial charge >= 0.3 is 0 Å². The van der Waals surface area contributed by atoms with Gasteiger partial charge in [0.15, 0.2) is 11.5 Å². The van der Waals surface area contributed by atoms with Crippen LogP contribution in [0.25, 0.3) is 5.57 Å². The molecule has 8 heteroatoms. The van der Waals surface area contributed by atoms with E-state index >= 15 is 0 Å². The van der Waals surface area contributed by atoms with E-state index in [9.17, 15) is 14.0 Å². The second-order valence-corrected chi connectivity index (χ2v) is 7.27. The molecule has 0 atom stereocenters. The Kier molecular flexibility index (Phi) is 6.56. The lowest BCUT2D eigenvalue weighted by Crippen LogP contribution is -2.31. The molecule has 0 spiro atoms. The predicted octanol–water partition coefficient (Wildman–Crippen LogP) is 2.85. The predicted molar refractivity (Wildman–Crippen MR) is 108 cm³/mol. The SMILES string of the molecule is COc1ccc(CN2C(=O)C(SCCO)=C(c3ccc(F)cc3)C2=O)cc1OC. The molecular weight excluding hydrogens is 397 g/mol. The molecule has 2 aromatic carbocycles. The van der Waals surface area contributed by atoms with Crippen LogP contribution in [0.1, 0.15) is 11.1 Å². The van der Waals surface area contributed by atoms with Crippen molar-refractivity contribution in [2.75, 3.05) is 26.6 Å². The second kappa shape index (κ2) is 9.11. The Morgan fingerprint density at radius 3 is 2.31 bits per heavy atom. The van der Waals surface area contributed by atoms with Gasteiger partial charge in [-0.05, 0) is 35.4 Å². The van der Waals surface area contributed by atoms with Crippen molar-refractivity contribution >= 4 is 29.1 Å². The molecule has 1 N–H and O–H groups in total. The molecule has 2 aromatic rings. The fraction of sp³-hybridized carbons (Fsp3) is 0.238. The van der Waals surface area contributed by atoms with Gasteiger partial charge < -0.3 is 14.6 Å². The summed E-state index contributed by atoms with van der Waals surface area (Å²) in [5.74, 6) is -0.0360. The Bertz CT molecular complexity index is 958. The van der Waals surface area contributed by atoms with Crippen LogP contribution in [0.5, 0.6) is 11.5 Å². The molecule has 1 aliphatic heterocycles. The number of methoxy groups -OCH3 is 2. The van der Waals surface area contributed by atoms with E-state index in [0.29, 0.717) is 22.6 Å². The molecule has 29 heavy (non-hydrogen) atoms. The molecule has 0 saturated heterocycles. The minimum atomic E-state index is -0.461. The topological polar surface area (TPSA) is 76.1 Å². The van der Waals surface area contributed by atoms with Gasteiger partial charge in [-0.2, -0.15) is 0 Å². The maximum Gasteiger partial charge on any atom is 0.268 e. The average molecular weight is 417 g/mol. The van der Waals surface area contributed by atoms with Crippen LogP contribution in [0.3, 0.4) is 0 Å². The average Bonchev–Trinajstić information content (AvgIpc) is 2.96. The Hall–Kier alpha value is -2.84. The first-order valence-electron chi connectivity index (χ1n) is 8.81. The van der Waals surface area contributed by atoms with Gasteiger partial charge in [0.2, 0.25) is 0 Å². The van der Waals surface area contributed by atoms with E-state index in [1.807, 2.05) is 0 Å². The maximum atomic E-state index is 13.3. The third-order valence-corrected chi connectivity index (χ3v) is 5.44. The van der Waals surface area contributed by atoms with Gasteiger partial charge in [0.1, 0.15) is 5.82 Å². The first-order chi connectivity index (χ1) is 14.0. The van der Waals surface area contributed by atoms with Crippen LogP contribution in [0.2, 0.25) is 0 Å². The molecule has 3 rings (SSSR count). The molecule has 0 bridgehead atoms. The largest absolute Gasteiger partial charge is 0.493 e. The van der Waals surface area contributed by atoms with Crippen molar-refractivity contribution in [1.29, 1.82) is 0 Å². The second-order valence-electron chi connectivity index (χ2n) is 6.17. The molecule has 1 aliphatic rings. The summed E-state index contributed by atoms with van der Waals surface area (Å²) in [5, 5.41) is 9.15. The number of imide groups is 1. The summed E-state index contributed by atoms with van der Waals surface area (Å²) in [6.07, 6.45) is 0. The maximum absolute atomic E-state index is 13.3. The number of halogens is 1. The molecule has 1 heterocycles. The zero-order valence-electron chi connectivity index (χ0n) is 16.0. The number of amides is 2. The summed E-state index contributed by atoms with van der Waals surface area (Å²) >= 11 is 1.11. The lowest BCUT2D eigenvalue weighted by molar-refractivity contribution is -0.137. The summed E-state index contributed by atoms with van der Waals surface area (Å²) in [4.78, 5) is 27.4. The first kappa shape index (κ1) is 20.9. The lowest BCUT2D eigenvalue weighted by atomic mass is 10.1. The third-order valence-electron chi connectivity index (χ3n) is 4.38. The number of hydrogen-bond acceptors (Lipinski definition) is 6.